The number of unbranched alkanes of at least 4 members (excludes halogenated alkanes) is 3. The van der Waals surface area contributed by atoms with Crippen molar-refractivity contribution in [3.05, 3.63) is 108 Å². The van der Waals surface area contributed by atoms with Gasteiger partial charge in [0.25, 0.3) is 0 Å². The van der Waals surface area contributed by atoms with Crippen LogP contribution in [0.5, 0.6) is 0 Å². The zero-order chi connectivity index (χ0) is 24.5. The van der Waals surface area contributed by atoms with Crippen LogP contribution in [0.15, 0.2) is 91.0 Å². The lowest BCUT2D eigenvalue weighted by Gasteiger charge is -2.36. The standard InChI is InChI=1S/C31H42O2Si/c1-30(2,3)34(4,5)33-26-18-7-6-17-25-32-31(27-19-11-8-12-20-27,28-21-13-9-14-22-28)29-23-15-10-16-24-29/h8-16,19-24H,6-7,17-18,25-26H2,1-5H3. The first-order chi connectivity index (χ1) is 16.3. The average molecular weight is 475 g/mol. The molecular formula is C31H42O2Si. The minimum atomic E-state index is -1.64. The first-order valence-corrected chi connectivity index (χ1v) is 15.6. The van der Waals surface area contributed by atoms with Gasteiger partial charge in [-0.05, 0) is 47.7 Å². The Labute approximate surface area is 208 Å². The van der Waals surface area contributed by atoms with E-state index in [1.54, 1.807) is 0 Å². The number of rotatable bonds is 12. The fourth-order valence-corrected chi connectivity index (χ4v) is 5.18. The first kappa shape index (κ1) is 26.4. The van der Waals surface area contributed by atoms with Crippen LogP contribution < -0.4 is 0 Å². The molecule has 0 amide bonds. The lowest BCUT2D eigenvalue weighted by Crippen LogP contribution is -2.40. The topological polar surface area (TPSA) is 18.5 Å². The number of hydrogen-bond donors (Lipinski definition) is 0. The second kappa shape index (κ2) is 12.0. The molecule has 0 radical (unpaired) electrons. The molecule has 0 saturated heterocycles. The Balaban J connectivity index is 1.66. The Morgan fingerprint density at radius 3 is 1.32 bits per heavy atom. The Morgan fingerprint density at radius 2 is 0.941 bits per heavy atom. The highest BCUT2D eigenvalue weighted by Crippen LogP contribution is 2.40. The predicted molar refractivity (Wildman–Crippen MR) is 147 cm³/mol. The number of benzene rings is 3. The van der Waals surface area contributed by atoms with Gasteiger partial charge >= 0.3 is 0 Å². The van der Waals surface area contributed by atoms with Crippen molar-refractivity contribution >= 4 is 8.32 Å². The molecule has 34 heavy (non-hydrogen) atoms. The minimum Gasteiger partial charge on any atom is -0.417 e. The van der Waals surface area contributed by atoms with Gasteiger partial charge in [0, 0.05) is 13.2 Å². The molecule has 2 nitrogen and oxygen atoms in total. The van der Waals surface area contributed by atoms with E-state index in [-0.39, 0.29) is 5.04 Å². The Kier molecular flexibility index (Phi) is 9.29. The van der Waals surface area contributed by atoms with Crippen molar-refractivity contribution in [2.45, 2.75) is 70.2 Å². The van der Waals surface area contributed by atoms with E-state index in [2.05, 4.69) is 125 Å². The largest absolute Gasteiger partial charge is 0.417 e. The molecule has 3 rings (SSSR count). The smallest absolute Gasteiger partial charge is 0.191 e. The van der Waals surface area contributed by atoms with Gasteiger partial charge in [0.15, 0.2) is 8.32 Å². The Bertz CT molecular complexity index is 866. The summed E-state index contributed by atoms with van der Waals surface area (Å²) < 4.78 is 13.2. The summed E-state index contributed by atoms with van der Waals surface area (Å²) in [5.41, 5.74) is 2.87. The van der Waals surface area contributed by atoms with E-state index < -0.39 is 13.9 Å². The monoisotopic (exact) mass is 474 g/mol. The molecule has 0 bridgehead atoms. The highest BCUT2D eigenvalue weighted by molar-refractivity contribution is 6.74. The van der Waals surface area contributed by atoms with Crippen LogP contribution in [-0.4, -0.2) is 21.5 Å². The first-order valence-electron chi connectivity index (χ1n) is 12.7. The van der Waals surface area contributed by atoms with Gasteiger partial charge in [0.05, 0.1) is 0 Å². The van der Waals surface area contributed by atoms with Crippen molar-refractivity contribution in [2.75, 3.05) is 13.2 Å². The van der Waals surface area contributed by atoms with Crippen molar-refractivity contribution in [1.29, 1.82) is 0 Å². The summed E-state index contributed by atoms with van der Waals surface area (Å²) in [6.07, 6.45) is 4.48. The summed E-state index contributed by atoms with van der Waals surface area (Å²) in [6, 6.07) is 31.9. The molecule has 0 aliphatic heterocycles. The van der Waals surface area contributed by atoms with E-state index in [1.165, 1.54) is 6.42 Å². The van der Waals surface area contributed by atoms with E-state index in [0.717, 1.165) is 42.6 Å². The molecule has 0 aliphatic rings. The van der Waals surface area contributed by atoms with E-state index in [1.807, 2.05) is 0 Å². The van der Waals surface area contributed by atoms with Gasteiger partial charge in [0.1, 0.15) is 5.60 Å². The van der Waals surface area contributed by atoms with Gasteiger partial charge < -0.3 is 9.16 Å². The van der Waals surface area contributed by atoms with Gasteiger partial charge in [-0.15, -0.1) is 0 Å². The molecule has 3 aromatic rings. The molecular weight excluding hydrogens is 432 g/mol. The molecule has 0 fully saturated rings. The summed E-state index contributed by atoms with van der Waals surface area (Å²) >= 11 is 0. The van der Waals surface area contributed by atoms with Crippen LogP contribution in [0.4, 0.5) is 0 Å². The summed E-state index contributed by atoms with van der Waals surface area (Å²) in [4.78, 5) is 0. The molecule has 0 spiro atoms. The summed E-state index contributed by atoms with van der Waals surface area (Å²) in [7, 11) is -1.64. The highest BCUT2D eigenvalue weighted by Gasteiger charge is 2.38. The average Bonchev–Trinajstić information content (AvgIpc) is 2.84. The third-order valence-electron chi connectivity index (χ3n) is 7.17. The zero-order valence-electron chi connectivity index (χ0n) is 21.7. The zero-order valence-corrected chi connectivity index (χ0v) is 22.7. The Hall–Kier alpha value is -2.20. The number of ether oxygens (including phenoxy) is 1. The van der Waals surface area contributed by atoms with Crippen molar-refractivity contribution in [1.82, 2.24) is 0 Å². The van der Waals surface area contributed by atoms with Crippen LogP contribution in [0.1, 0.15) is 63.1 Å². The third kappa shape index (κ3) is 6.47. The molecule has 0 aromatic heterocycles. The van der Waals surface area contributed by atoms with E-state index in [0.29, 0.717) is 6.61 Å². The van der Waals surface area contributed by atoms with Crippen LogP contribution in [0.2, 0.25) is 18.1 Å². The van der Waals surface area contributed by atoms with Gasteiger partial charge in [-0.2, -0.15) is 0 Å². The maximum Gasteiger partial charge on any atom is 0.191 e. The second-order valence-corrected chi connectivity index (χ2v) is 15.5. The van der Waals surface area contributed by atoms with Crippen LogP contribution in [0.3, 0.4) is 0 Å². The van der Waals surface area contributed by atoms with Crippen LogP contribution >= 0.6 is 0 Å². The molecule has 182 valence electrons. The van der Waals surface area contributed by atoms with E-state index in [9.17, 15) is 0 Å². The van der Waals surface area contributed by atoms with Crippen LogP contribution in [-0.2, 0) is 14.8 Å². The van der Waals surface area contributed by atoms with Crippen molar-refractivity contribution in [3.8, 4) is 0 Å². The van der Waals surface area contributed by atoms with Crippen molar-refractivity contribution in [2.24, 2.45) is 0 Å². The second-order valence-electron chi connectivity index (χ2n) is 10.7. The molecule has 3 aromatic carbocycles. The molecule has 0 aliphatic carbocycles. The maximum absolute atomic E-state index is 6.87. The van der Waals surface area contributed by atoms with Crippen molar-refractivity contribution < 1.29 is 9.16 Å². The summed E-state index contributed by atoms with van der Waals surface area (Å²) in [6.45, 7) is 13.1. The summed E-state index contributed by atoms with van der Waals surface area (Å²) in [5, 5.41) is 0.274. The minimum absolute atomic E-state index is 0.274. The summed E-state index contributed by atoms with van der Waals surface area (Å²) in [5.74, 6) is 0. The normalized spacial score (nSPS) is 12.6. The van der Waals surface area contributed by atoms with E-state index >= 15 is 0 Å². The SMILES string of the molecule is CC(C)(C)[Si](C)(C)OCCCCCCOC(c1ccccc1)(c1ccccc1)c1ccccc1. The van der Waals surface area contributed by atoms with Crippen LogP contribution in [0.25, 0.3) is 0 Å². The highest BCUT2D eigenvalue weighted by atomic mass is 28.4. The molecule has 0 heterocycles. The van der Waals surface area contributed by atoms with Crippen LogP contribution in [0, 0.1) is 0 Å². The van der Waals surface area contributed by atoms with Gasteiger partial charge in [0.2, 0.25) is 0 Å². The lowest BCUT2D eigenvalue weighted by molar-refractivity contribution is 0.0105. The molecule has 3 heteroatoms. The predicted octanol–water partition coefficient (Wildman–Crippen LogP) is 8.58. The number of hydrogen-bond acceptors (Lipinski definition) is 2. The fourth-order valence-electron chi connectivity index (χ4n) is 4.10. The fraction of sp³-hybridized carbons (Fsp3) is 0.419. The molecule has 0 N–H and O–H groups in total. The molecule has 0 saturated carbocycles. The Morgan fingerprint density at radius 1 is 0.559 bits per heavy atom. The lowest BCUT2D eigenvalue weighted by atomic mass is 9.80. The van der Waals surface area contributed by atoms with Gasteiger partial charge in [-0.3, -0.25) is 0 Å². The van der Waals surface area contributed by atoms with Gasteiger partial charge in [-0.25, -0.2) is 0 Å². The quantitative estimate of drug-likeness (QED) is 0.149. The maximum atomic E-state index is 6.87. The molecule has 0 atom stereocenters. The van der Waals surface area contributed by atoms with Crippen molar-refractivity contribution in [3.63, 3.8) is 0 Å². The van der Waals surface area contributed by atoms with Gasteiger partial charge in [-0.1, -0.05) is 125 Å². The third-order valence-corrected chi connectivity index (χ3v) is 11.7. The molecule has 0 unspecified atom stereocenters. The van der Waals surface area contributed by atoms with E-state index in [4.69, 9.17) is 9.16 Å².